The number of nitrogens with two attached hydrogens (primary N) is 2. The molecule has 0 aliphatic rings. The van der Waals surface area contributed by atoms with Crippen LogP contribution in [0, 0.1) is 0 Å². The van der Waals surface area contributed by atoms with Crippen LogP contribution >= 0.6 is 11.3 Å². The van der Waals surface area contributed by atoms with Gasteiger partial charge in [0.2, 0.25) is 0 Å². The Kier molecular flexibility index (Phi) is 11.0. The number of amides is 2. The van der Waals surface area contributed by atoms with Crippen LogP contribution in [0.25, 0.3) is 10.4 Å². The van der Waals surface area contributed by atoms with E-state index in [9.17, 15) is 32.7 Å². The van der Waals surface area contributed by atoms with Gasteiger partial charge < -0.3 is 31.4 Å². The van der Waals surface area contributed by atoms with E-state index in [1.54, 1.807) is 39.0 Å². The Balaban J connectivity index is 1.92. The van der Waals surface area contributed by atoms with Crippen LogP contribution in [-0.2, 0) is 24.3 Å². The number of thiophene rings is 1. The minimum atomic E-state index is -4.73. The zero-order valence-corrected chi connectivity index (χ0v) is 28.3. The summed E-state index contributed by atoms with van der Waals surface area (Å²) in [4.78, 5) is 55.7. The van der Waals surface area contributed by atoms with E-state index < -0.39 is 57.8 Å². The van der Waals surface area contributed by atoms with Crippen molar-refractivity contribution < 1.29 is 42.2 Å². The van der Waals surface area contributed by atoms with E-state index in [2.05, 4.69) is 10.3 Å². The Morgan fingerprint density at radius 3 is 2.11 bits per heavy atom. The Hall–Kier alpha value is -4.96. The number of sulfonamides is 1. The highest BCUT2D eigenvalue weighted by Crippen LogP contribution is 2.36. The van der Waals surface area contributed by atoms with Gasteiger partial charge in [-0.2, -0.15) is 4.31 Å². The van der Waals surface area contributed by atoms with E-state index in [0.717, 1.165) is 11.3 Å². The fraction of sp³-hybridized carbons (Fsp3) is 0.323. The van der Waals surface area contributed by atoms with Gasteiger partial charge in [-0.1, -0.05) is 24.3 Å². The maximum atomic E-state index is 13.5. The summed E-state index contributed by atoms with van der Waals surface area (Å²) in [6.45, 7) is 8.88. The van der Waals surface area contributed by atoms with Crippen molar-refractivity contribution >= 4 is 56.9 Å². The van der Waals surface area contributed by atoms with Crippen molar-refractivity contribution in [2.75, 3.05) is 6.54 Å². The Bertz CT molecular complexity index is 1790. The third kappa shape index (κ3) is 9.76. The third-order valence-electron chi connectivity index (χ3n) is 5.87. The van der Waals surface area contributed by atoms with Crippen LogP contribution in [0.3, 0.4) is 0 Å². The van der Waals surface area contributed by atoms with Gasteiger partial charge in [-0.15, -0.1) is 11.3 Å². The summed E-state index contributed by atoms with van der Waals surface area (Å²) in [6.07, 6.45) is -1.43. The Morgan fingerprint density at radius 2 is 1.55 bits per heavy atom. The van der Waals surface area contributed by atoms with Crippen molar-refractivity contribution in [1.82, 2.24) is 9.62 Å². The second-order valence-electron chi connectivity index (χ2n) is 12.1. The molecule has 0 saturated carbocycles. The molecule has 1 atom stereocenters. The number of carboxylic acids is 1. The fourth-order valence-electron chi connectivity index (χ4n) is 3.99. The van der Waals surface area contributed by atoms with Crippen molar-refractivity contribution in [3.63, 3.8) is 0 Å². The van der Waals surface area contributed by atoms with Crippen molar-refractivity contribution in [3.8, 4) is 10.4 Å². The first-order valence-electron chi connectivity index (χ1n) is 14.1. The molecule has 2 aromatic carbocycles. The number of nitrogens with one attached hydrogen (secondary N) is 1. The van der Waals surface area contributed by atoms with E-state index in [0.29, 0.717) is 10.4 Å². The number of aliphatic imine (C=N–C) groups is 1. The van der Waals surface area contributed by atoms with Crippen molar-refractivity contribution in [2.45, 2.75) is 63.7 Å². The van der Waals surface area contributed by atoms with Crippen LogP contribution in [0.2, 0.25) is 0 Å². The van der Waals surface area contributed by atoms with Crippen LogP contribution in [0.15, 0.2) is 70.6 Å². The molecule has 0 radical (unpaired) electrons. The number of hydrogen-bond acceptors (Lipinski definition) is 10. The average Bonchev–Trinajstić information content (AvgIpc) is 3.43. The van der Waals surface area contributed by atoms with Gasteiger partial charge >= 0.3 is 18.0 Å². The maximum Gasteiger partial charge on any atom is 0.425 e. The molecule has 0 aliphatic heterocycles. The second kappa shape index (κ2) is 14.2. The lowest BCUT2D eigenvalue weighted by Crippen LogP contribution is -2.54. The molecule has 6 N–H and O–H groups in total. The molecule has 0 saturated heterocycles. The topological polar surface area (TPSA) is 221 Å². The largest absolute Gasteiger partial charge is 0.480 e. The number of hydrogen-bond donors (Lipinski definition) is 4. The predicted molar refractivity (Wildman–Crippen MR) is 176 cm³/mol. The highest BCUT2D eigenvalue weighted by atomic mass is 32.2. The van der Waals surface area contributed by atoms with Gasteiger partial charge in [0, 0.05) is 10.4 Å². The second-order valence-corrected chi connectivity index (χ2v) is 15.0. The molecular weight excluding hydrogens is 651 g/mol. The number of carbonyl (C=O) groups is 4. The number of rotatable bonds is 10. The number of ether oxygens (including phenoxy) is 2. The standard InChI is InChI=1S/C31H37N5O9S2/c1-30(2,3)44-27(40)18-12-13-20(21(16-18)35-28(32)33)23-14-15-24(46-23)25(37)34-17-22(26(38)39)36(29(41)45-31(4,5)6)47(42,43)19-10-8-7-9-11-19/h7-16,22H,17H2,1-6H3,(H,34,37)(H,38,39)(H4,32,33,35). The molecule has 0 bridgehead atoms. The number of nitrogens with zero attached hydrogens (tertiary/aromatic N) is 2. The number of aliphatic carboxylic acids is 1. The summed E-state index contributed by atoms with van der Waals surface area (Å²) < 4.78 is 37.8. The first-order valence-corrected chi connectivity index (χ1v) is 16.4. The molecule has 0 spiro atoms. The normalized spacial score (nSPS) is 12.4. The van der Waals surface area contributed by atoms with Crippen molar-refractivity contribution in [2.24, 2.45) is 16.5 Å². The molecule has 16 heteroatoms. The highest BCUT2D eigenvalue weighted by Gasteiger charge is 2.42. The number of carboxylic acid groups (broad SMARTS) is 1. The first kappa shape index (κ1) is 36.5. The summed E-state index contributed by atoms with van der Waals surface area (Å²) >= 11 is 0.995. The van der Waals surface area contributed by atoms with Gasteiger partial charge in [-0.05, 0) is 77.9 Å². The van der Waals surface area contributed by atoms with Gasteiger partial charge in [0.05, 0.1) is 27.6 Å². The number of esters is 1. The molecule has 0 fully saturated rings. The summed E-state index contributed by atoms with van der Waals surface area (Å²) in [7, 11) is -4.73. The molecule has 47 heavy (non-hydrogen) atoms. The smallest absolute Gasteiger partial charge is 0.425 e. The molecule has 14 nitrogen and oxygen atoms in total. The molecule has 2 amide bonds. The molecule has 0 aliphatic carbocycles. The van der Waals surface area contributed by atoms with Crippen molar-refractivity contribution in [3.05, 3.63) is 71.1 Å². The molecular formula is C31H37N5O9S2. The molecule has 1 heterocycles. The van der Waals surface area contributed by atoms with Crippen molar-refractivity contribution in [1.29, 1.82) is 0 Å². The summed E-state index contributed by atoms with van der Waals surface area (Å²) in [5.41, 5.74) is 10.2. The molecule has 1 aromatic heterocycles. The average molecular weight is 688 g/mol. The highest BCUT2D eigenvalue weighted by molar-refractivity contribution is 7.89. The summed E-state index contributed by atoms with van der Waals surface area (Å²) in [6, 6.07) is 12.3. The zero-order chi connectivity index (χ0) is 35.3. The SMILES string of the molecule is CC(C)(C)OC(=O)c1ccc(-c2ccc(C(=O)NCC(C(=O)O)N(C(=O)OC(C)(C)C)S(=O)(=O)c3ccccc3)s2)c(N=C(N)N)c1. The Labute approximate surface area is 276 Å². The predicted octanol–water partition coefficient (Wildman–Crippen LogP) is 4.08. The first-order chi connectivity index (χ1) is 21.7. The van der Waals surface area contributed by atoms with Gasteiger partial charge in [0.25, 0.3) is 15.9 Å². The number of benzene rings is 2. The summed E-state index contributed by atoms with van der Waals surface area (Å²) in [5.74, 6) is -3.32. The van der Waals surface area contributed by atoms with Crippen LogP contribution in [-0.4, -0.2) is 71.5 Å². The van der Waals surface area contributed by atoms with E-state index in [1.165, 1.54) is 63.2 Å². The molecule has 3 aromatic rings. The van der Waals surface area contributed by atoms with Crippen LogP contribution < -0.4 is 16.8 Å². The van der Waals surface area contributed by atoms with E-state index in [4.69, 9.17) is 20.9 Å². The lowest BCUT2D eigenvalue weighted by atomic mass is 10.1. The Morgan fingerprint density at radius 1 is 0.936 bits per heavy atom. The van der Waals surface area contributed by atoms with E-state index >= 15 is 0 Å². The van der Waals surface area contributed by atoms with E-state index in [-0.39, 0.29) is 31.3 Å². The van der Waals surface area contributed by atoms with Gasteiger partial charge in [0.15, 0.2) is 12.0 Å². The monoisotopic (exact) mass is 687 g/mol. The fourth-order valence-corrected chi connectivity index (χ4v) is 6.41. The van der Waals surface area contributed by atoms with Gasteiger partial charge in [-0.3, -0.25) is 4.79 Å². The maximum absolute atomic E-state index is 13.5. The number of guanidine groups is 1. The van der Waals surface area contributed by atoms with E-state index in [1.807, 2.05) is 0 Å². The third-order valence-corrected chi connectivity index (χ3v) is 8.78. The molecule has 1 unspecified atom stereocenters. The molecule has 252 valence electrons. The number of carbonyl (C=O) groups excluding carboxylic acids is 3. The molecule has 3 rings (SSSR count). The van der Waals surface area contributed by atoms with Crippen LogP contribution in [0.4, 0.5) is 10.5 Å². The summed E-state index contributed by atoms with van der Waals surface area (Å²) in [5, 5.41) is 12.4. The van der Waals surface area contributed by atoms with Crippen LogP contribution in [0.1, 0.15) is 61.6 Å². The lowest BCUT2D eigenvalue weighted by Gasteiger charge is -2.30. The van der Waals surface area contributed by atoms with Gasteiger partial charge in [-0.25, -0.2) is 27.8 Å². The minimum absolute atomic E-state index is 0.115. The minimum Gasteiger partial charge on any atom is -0.480 e. The zero-order valence-electron chi connectivity index (χ0n) is 26.6. The quantitative estimate of drug-likeness (QED) is 0.135. The van der Waals surface area contributed by atoms with Crippen LogP contribution in [0.5, 0.6) is 0 Å². The van der Waals surface area contributed by atoms with Gasteiger partial charge in [0.1, 0.15) is 11.2 Å². The lowest BCUT2D eigenvalue weighted by molar-refractivity contribution is -0.141.